The van der Waals surface area contributed by atoms with Crippen molar-refractivity contribution in [2.75, 3.05) is 20.0 Å². The maximum absolute atomic E-state index is 11.5. The van der Waals surface area contributed by atoms with Gasteiger partial charge in [-0.05, 0) is 91.9 Å². The van der Waals surface area contributed by atoms with E-state index in [-0.39, 0.29) is 39.5 Å². The van der Waals surface area contributed by atoms with Gasteiger partial charge >= 0.3 is 11.9 Å². The number of benzene rings is 4. The molecule has 13 heteroatoms. The number of anilines is 1. The van der Waals surface area contributed by atoms with Crippen molar-refractivity contribution >= 4 is 63.0 Å². The van der Waals surface area contributed by atoms with Gasteiger partial charge in [0, 0.05) is 52.0 Å². The number of hydrogen-bond acceptors (Lipinski definition) is 11. The third kappa shape index (κ3) is 10.0. The third-order valence-electron chi connectivity index (χ3n) is 8.57. The van der Waals surface area contributed by atoms with E-state index in [0.29, 0.717) is 23.1 Å². The van der Waals surface area contributed by atoms with Crippen LogP contribution in [0.25, 0.3) is 22.5 Å². The van der Waals surface area contributed by atoms with Gasteiger partial charge in [0.25, 0.3) is 5.69 Å². The van der Waals surface area contributed by atoms with E-state index in [1.165, 1.54) is 25.3 Å². The Hall–Kier alpha value is -5.24. The van der Waals surface area contributed by atoms with E-state index in [4.69, 9.17) is 20.2 Å². The number of methoxy groups -OCH3 is 2. The topological polar surface area (TPSA) is 148 Å². The van der Waals surface area contributed by atoms with Crippen LogP contribution in [0.5, 0.6) is 0 Å². The molecule has 0 aliphatic rings. The zero-order chi connectivity index (χ0) is 37.5. The molecule has 0 fully saturated rings. The summed E-state index contributed by atoms with van der Waals surface area (Å²) in [6.07, 6.45) is 1.41. The number of aromatic nitrogens is 2. The molecule has 0 atom stereocenters. The Kier molecular flexibility index (Phi) is 13.8. The lowest BCUT2D eigenvalue weighted by atomic mass is 10.0. The van der Waals surface area contributed by atoms with Gasteiger partial charge in [-0.3, -0.25) is 10.1 Å². The van der Waals surface area contributed by atoms with Crippen molar-refractivity contribution in [3.63, 3.8) is 0 Å². The summed E-state index contributed by atoms with van der Waals surface area (Å²) in [4.78, 5) is 43.1. The molecule has 0 saturated carbocycles. The molecule has 274 valence electrons. The number of thiazole rings is 2. The second-order valence-corrected chi connectivity index (χ2v) is 14.1. The number of nitrogens with two attached hydrogens (primary N) is 1. The van der Waals surface area contributed by atoms with Crippen LogP contribution in [0.2, 0.25) is 0 Å². The minimum absolute atomic E-state index is 0. The Morgan fingerprint density at radius 3 is 1.51 bits per heavy atom. The van der Waals surface area contributed by atoms with Crippen molar-refractivity contribution in [1.82, 2.24) is 9.97 Å². The molecule has 2 N–H and O–H groups in total. The van der Waals surface area contributed by atoms with Gasteiger partial charge in [0.2, 0.25) is 0 Å². The van der Waals surface area contributed by atoms with Gasteiger partial charge in [0.1, 0.15) is 0 Å². The molecule has 0 bridgehead atoms. The van der Waals surface area contributed by atoms with Crippen LogP contribution in [0, 0.1) is 37.8 Å². The first-order valence-corrected chi connectivity index (χ1v) is 18.0. The van der Waals surface area contributed by atoms with Gasteiger partial charge in [-0.2, -0.15) is 0 Å². The number of aryl methyl sites for hydroxylation is 4. The molecule has 6 aromatic rings. The number of halogens is 1. The summed E-state index contributed by atoms with van der Waals surface area (Å²) in [5.41, 5.74) is 17.7. The number of nitro groups is 1. The Balaban J connectivity index is 0.000000233. The Bertz CT molecular complexity index is 2250. The van der Waals surface area contributed by atoms with Crippen LogP contribution in [-0.4, -0.2) is 41.0 Å². The van der Waals surface area contributed by atoms with Gasteiger partial charge in [-0.1, -0.05) is 30.3 Å². The van der Waals surface area contributed by atoms with Gasteiger partial charge in [-0.15, -0.1) is 39.7 Å². The van der Waals surface area contributed by atoms with E-state index in [0.717, 1.165) is 61.3 Å². The van der Waals surface area contributed by atoms with Gasteiger partial charge in [-0.25, -0.2) is 19.6 Å². The molecule has 0 spiro atoms. The average molecular weight is 816 g/mol. The average Bonchev–Trinajstić information content (AvgIpc) is 3.82. The predicted octanol–water partition coefficient (Wildman–Crippen LogP) is 9.68. The van der Waals surface area contributed by atoms with Crippen molar-refractivity contribution in [3.05, 3.63) is 148 Å². The SMILES string of the molecule is Br.COC(=O)c1ccc(-c2csc(Cc3cc(C)c(N)cc3C)n2)cc1.COC(=O)c1ccc(-c2csc(Cc3cc(C)c([N+](=O)[O-])cc3C)n2)cc1. The van der Waals surface area contributed by atoms with Crippen molar-refractivity contribution in [2.24, 2.45) is 0 Å². The molecule has 0 unspecified atom stereocenters. The highest BCUT2D eigenvalue weighted by molar-refractivity contribution is 8.93. The monoisotopic (exact) mass is 814 g/mol. The quantitative estimate of drug-likeness (QED) is 0.0652. The zero-order valence-electron chi connectivity index (χ0n) is 30.1. The van der Waals surface area contributed by atoms with E-state index >= 15 is 0 Å². The highest BCUT2D eigenvalue weighted by Gasteiger charge is 2.15. The molecule has 0 aliphatic carbocycles. The van der Waals surface area contributed by atoms with Crippen molar-refractivity contribution in [3.8, 4) is 22.5 Å². The molecule has 2 heterocycles. The van der Waals surface area contributed by atoms with Crippen LogP contribution in [0.3, 0.4) is 0 Å². The summed E-state index contributed by atoms with van der Waals surface area (Å²) in [6.45, 7) is 7.72. The van der Waals surface area contributed by atoms with E-state index < -0.39 is 0 Å². The maximum Gasteiger partial charge on any atom is 0.337 e. The lowest BCUT2D eigenvalue weighted by Gasteiger charge is -2.08. The largest absolute Gasteiger partial charge is 0.465 e. The summed E-state index contributed by atoms with van der Waals surface area (Å²) in [5, 5.41) is 17.1. The number of nitrogen functional groups attached to an aromatic ring is 1. The number of ether oxygens (including phenoxy) is 2. The van der Waals surface area contributed by atoms with Crippen LogP contribution < -0.4 is 5.73 Å². The van der Waals surface area contributed by atoms with Crippen LogP contribution in [-0.2, 0) is 22.3 Å². The third-order valence-corrected chi connectivity index (χ3v) is 10.3. The smallest absolute Gasteiger partial charge is 0.337 e. The highest BCUT2D eigenvalue weighted by Crippen LogP contribution is 2.29. The normalized spacial score (nSPS) is 10.5. The van der Waals surface area contributed by atoms with E-state index in [1.54, 1.807) is 59.9 Å². The van der Waals surface area contributed by atoms with E-state index in [9.17, 15) is 19.7 Å². The van der Waals surface area contributed by atoms with E-state index in [1.807, 2.05) is 61.0 Å². The number of rotatable bonds is 9. The number of nitro benzene ring substituents is 1. The summed E-state index contributed by atoms with van der Waals surface area (Å²) in [5.74, 6) is -0.704. The molecule has 0 saturated heterocycles. The van der Waals surface area contributed by atoms with Crippen LogP contribution in [0.1, 0.15) is 64.1 Å². The molecular formula is C40H39BrN4O6S2. The van der Waals surface area contributed by atoms with Crippen molar-refractivity contribution in [2.45, 2.75) is 40.5 Å². The highest BCUT2D eigenvalue weighted by atomic mass is 79.9. The Morgan fingerprint density at radius 1 is 0.679 bits per heavy atom. The van der Waals surface area contributed by atoms with E-state index in [2.05, 4.69) is 18.0 Å². The Labute approximate surface area is 326 Å². The molecule has 4 aromatic carbocycles. The fourth-order valence-electron chi connectivity index (χ4n) is 5.50. The van der Waals surface area contributed by atoms with Gasteiger partial charge in [0.15, 0.2) is 0 Å². The molecule has 53 heavy (non-hydrogen) atoms. The first-order valence-electron chi connectivity index (χ1n) is 16.2. The summed E-state index contributed by atoms with van der Waals surface area (Å²) in [6, 6.07) is 22.0. The number of esters is 2. The summed E-state index contributed by atoms with van der Waals surface area (Å²) >= 11 is 3.18. The zero-order valence-corrected chi connectivity index (χ0v) is 33.4. The maximum atomic E-state index is 11.5. The lowest BCUT2D eigenvalue weighted by Crippen LogP contribution is -2.00. The predicted molar refractivity (Wildman–Crippen MR) is 217 cm³/mol. The number of carbonyl (C=O) groups excluding carboxylic acids is 2. The fraction of sp³-hybridized carbons (Fsp3) is 0.200. The second kappa shape index (κ2) is 18.0. The summed E-state index contributed by atoms with van der Waals surface area (Å²) < 4.78 is 9.42. The molecular weight excluding hydrogens is 776 g/mol. The number of hydrogen-bond donors (Lipinski definition) is 1. The molecule has 10 nitrogen and oxygen atoms in total. The molecule has 2 aromatic heterocycles. The summed E-state index contributed by atoms with van der Waals surface area (Å²) in [7, 11) is 2.73. The molecule has 0 radical (unpaired) electrons. The lowest BCUT2D eigenvalue weighted by molar-refractivity contribution is -0.385. The minimum atomic E-state index is -0.371. The van der Waals surface area contributed by atoms with Crippen LogP contribution >= 0.6 is 39.7 Å². The standard InChI is InChI=1S/C20H18N2O4S.C20H20N2O2S.BrH/c1-12-9-18(22(24)25)13(2)8-16(12)10-19-21-17(11-27-19)14-4-6-15(7-5-14)20(23)26-3;1-12-9-17(21)13(2)8-16(12)10-19-22-18(11-25-19)14-4-6-15(7-5-14)20(23)24-3;/h4-9,11H,10H2,1-3H3;4-9,11H,10,21H2,1-3H3;1H. The van der Waals surface area contributed by atoms with Gasteiger partial charge in [0.05, 0.1) is 51.7 Å². The second-order valence-electron chi connectivity index (χ2n) is 12.2. The van der Waals surface area contributed by atoms with Crippen molar-refractivity contribution < 1.29 is 24.0 Å². The van der Waals surface area contributed by atoms with Crippen molar-refractivity contribution in [1.29, 1.82) is 0 Å². The fourth-order valence-corrected chi connectivity index (χ4v) is 7.15. The molecule has 0 amide bonds. The number of carbonyl (C=O) groups is 2. The first-order chi connectivity index (χ1) is 24.9. The minimum Gasteiger partial charge on any atom is -0.465 e. The first kappa shape index (κ1) is 40.5. The Morgan fingerprint density at radius 2 is 1.09 bits per heavy atom. The van der Waals surface area contributed by atoms with Crippen LogP contribution in [0.4, 0.5) is 11.4 Å². The molecule has 6 rings (SSSR count). The number of nitrogens with zero attached hydrogens (tertiary/aromatic N) is 3. The van der Waals surface area contributed by atoms with Gasteiger partial charge < -0.3 is 15.2 Å². The molecule has 0 aliphatic heterocycles. The van der Waals surface area contributed by atoms with Crippen LogP contribution in [0.15, 0.2) is 83.6 Å².